The van der Waals surface area contributed by atoms with Crippen molar-refractivity contribution >= 4 is 16.5 Å². The van der Waals surface area contributed by atoms with E-state index in [2.05, 4.69) is 11.8 Å². The van der Waals surface area contributed by atoms with Gasteiger partial charge in [-0.05, 0) is 38.3 Å². The van der Waals surface area contributed by atoms with E-state index in [0.29, 0.717) is 0 Å². The number of aromatic nitrogens is 1. The molecule has 0 radical (unpaired) electrons. The number of fused-ring (bicyclic) bond motifs is 1. The summed E-state index contributed by atoms with van der Waals surface area (Å²) in [5.74, 6) is 0.940. The molecule has 5 heteroatoms. The Labute approximate surface area is 116 Å². The lowest BCUT2D eigenvalue weighted by Crippen LogP contribution is -2.21. The molecule has 4 nitrogen and oxygen atoms in total. The molecule has 1 unspecified atom stereocenters. The SMILES string of the molecule is CCN(Cc1ccco1)c1nc2c(s1)C(O)CCC2. The van der Waals surface area contributed by atoms with E-state index in [1.54, 1.807) is 17.6 Å². The number of thiazole rings is 1. The van der Waals surface area contributed by atoms with Gasteiger partial charge >= 0.3 is 0 Å². The summed E-state index contributed by atoms with van der Waals surface area (Å²) in [6, 6.07) is 3.88. The normalized spacial score (nSPS) is 18.3. The zero-order valence-electron chi connectivity index (χ0n) is 11.0. The Bertz CT molecular complexity index is 536. The number of hydrogen-bond donors (Lipinski definition) is 1. The molecule has 1 aliphatic rings. The van der Waals surface area contributed by atoms with E-state index >= 15 is 0 Å². The average Bonchev–Trinajstić information content (AvgIpc) is 3.05. The molecule has 2 heterocycles. The van der Waals surface area contributed by atoms with Gasteiger partial charge in [0, 0.05) is 6.54 Å². The second-order valence-electron chi connectivity index (χ2n) is 4.81. The van der Waals surface area contributed by atoms with Gasteiger partial charge < -0.3 is 14.4 Å². The van der Waals surface area contributed by atoms with Crippen molar-refractivity contribution < 1.29 is 9.52 Å². The molecule has 3 rings (SSSR count). The third-order valence-electron chi connectivity index (χ3n) is 3.49. The summed E-state index contributed by atoms with van der Waals surface area (Å²) in [5.41, 5.74) is 1.08. The average molecular weight is 278 g/mol. The van der Waals surface area contributed by atoms with Crippen molar-refractivity contribution in [1.29, 1.82) is 0 Å². The molecule has 2 aromatic rings. The molecule has 19 heavy (non-hydrogen) atoms. The molecule has 1 aliphatic carbocycles. The minimum absolute atomic E-state index is 0.322. The van der Waals surface area contributed by atoms with Gasteiger partial charge in [0.2, 0.25) is 0 Å². The fourth-order valence-electron chi connectivity index (χ4n) is 2.42. The number of anilines is 1. The van der Waals surface area contributed by atoms with Gasteiger partial charge in [-0.2, -0.15) is 0 Å². The third kappa shape index (κ3) is 2.53. The van der Waals surface area contributed by atoms with Crippen molar-refractivity contribution in [2.45, 2.75) is 38.8 Å². The maximum atomic E-state index is 10.0. The third-order valence-corrected chi connectivity index (χ3v) is 4.75. The highest BCUT2D eigenvalue weighted by molar-refractivity contribution is 7.15. The summed E-state index contributed by atoms with van der Waals surface area (Å²) in [6.45, 7) is 3.72. The van der Waals surface area contributed by atoms with Crippen LogP contribution >= 0.6 is 11.3 Å². The molecule has 0 amide bonds. The van der Waals surface area contributed by atoms with Crippen LogP contribution < -0.4 is 4.90 Å². The Hall–Kier alpha value is -1.33. The van der Waals surface area contributed by atoms with Crippen LogP contribution in [0.4, 0.5) is 5.13 Å². The molecule has 0 bridgehead atoms. The van der Waals surface area contributed by atoms with E-state index in [9.17, 15) is 5.11 Å². The Morgan fingerprint density at radius 1 is 1.58 bits per heavy atom. The first-order valence-corrected chi connectivity index (χ1v) is 7.54. The molecule has 1 N–H and O–H groups in total. The molecule has 0 fully saturated rings. The minimum Gasteiger partial charge on any atom is -0.467 e. The smallest absolute Gasteiger partial charge is 0.186 e. The second-order valence-corrected chi connectivity index (χ2v) is 5.82. The standard InChI is InChI=1S/C14H18N2O2S/c1-2-16(9-10-5-4-8-18-10)14-15-11-6-3-7-12(17)13(11)19-14/h4-5,8,12,17H,2-3,6-7,9H2,1H3. The van der Waals surface area contributed by atoms with Crippen LogP contribution in [-0.2, 0) is 13.0 Å². The van der Waals surface area contributed by atoms with Crippen molar-refractivity contribution in [2.24, 2.45) is 0 Å². The lowest BCUT2D eigenvalue weighted by atomic mass is 10.0. The van der Waals surface area contributed by atoms with E-state index < -0.39 is 0 Å². The van der Waals surface area contributed by atoms with Gasteiger partial charge in [0.15, 0.2) is 5.13 Å². The largest absolute Gasteiger partial charge is 0.467 e. The second kappa shape index (κ2) is 5.35. The highest BCUT2D eigenvalue weighted by atomic mass is 32.1. The van der Waals surface area contributed by atoms with Crippen molar-refractivity contribution in [3.05, 3.63) is 34.7 Å². The number of rotatable bonds is 4. The van der Waals surface area contributed by atoms with Crippen molar-refractivity contribution in [1.82, 2.24) is 4.98 Å². The molecule has 2 aromatic heterocycles. The van der Waals surface area contributed by atoms with Crippen molar-refractivity contribution in [2.75, 3.05) is 11.4 Å². The summed E-state index contributed by atoms with van der Waals surface area (Å²) in [7, 11) is 0. The van der Waals surface area contributed by atoms with Crippen LogP contribution in [0, 0.1) is 0 Å². The van der Waals surface area contributed by atoms with E-state index in [-0.39, 0.29) is 6.10 Å². The molecule has 0 aliphatic heterocycles. The Morgan fingerprint density at radius 2 is 2.47 bits per heavy atom. The molecule has 0 spiro atoms. The molecular weight excluding hydrogens is 260 g/mol. The van der Waals surface area contributed by atoms with Crippen molar-refractivity contribution in [3.8, 4) is 0 Å². The zero-order chi connectivity index (χ0) is 13.2. The zero-order valence-corrected chi connectivity index (χ0v) is 11.8. The molecule has 0 aromatic carbocycles. The van der Waals surface area contributed by atoms with Crippen LogP contribution in [0.15, 0.2) is 22.8 Å². The predicted octanol–water partition coefficient (Wildman–Crippen LogP) is 3.13. The maximum Gasteiger partial charge on any atom is 0.186 e. The van der Waals surface area contributed by atoms with E-state index in [4.69, 9.17) is 9.40 Å². The summed E-state index contributed by atoms with van der Waals surface area (Å²) < 4.78 is 5.40. The number of aliphatic hydroxyl groups excluding tert-OH is 1. The van der Waals surface area contributed by atoms with Gasteiger partial charge in [0.05, 0.1) is 29.5 Å². The fraction of sp³-hybridized carbons (Fsp3) is 0.500. The summed E-state index contributed by atoms with van der Waals surface area (Å²) in [4.78, 5) is 7.94. The highest BCUT2D eigenvalue weighted by Crippen LogP contribution is 2.37. The molecule has 1 atom stereocenters. The van der Waals surface area contributed by atoms with Gasteiger partial charge in [-0.3, -0.25) is 0 Å². The van der Waals surface area contributed by atoms with Gasteiger partial charge in [0.25, 0.3) is 0 Å². The van der Waals surface area contributed by atoms with Gasteiger partial charge in [0.1, 0.15) is 5.76 Å². The van der Waals surface area contributed by atoms with Gasteiger partial charge in [-0.1, -0.05) is 11.3 Å². The summed E-state index contributed by atoms with van der Waals surface area (Å²) in [5, 5.41) is 11.0. The van der Waals surface area contributed by atoms with Crippen LogP contribution in [0.25, 0.3) is 0 Å². The number of aliphatic hydroxyl groups is 1. The molecule has 0 saturated carbocycles. The summed E-state index contributed by atoms with van der Waals surface area (Å²) in [6.07, 6.45) is 4.25. The first kappa shape index (κ1) is 12.7. The maximum absolute atomic E-state index is 10.0. The van der Waals surface area contributed by atoms with Crippen molar-refractivity contribution in [3.63, 3.8) is 0 Å². The molecule has 102 valence electrons. The Kier molecular flexibility index (Phi) is 3.57. The first-order valence-electron chi connectivity index (χ1n) is 6.73. The first-order chi connectivity index (χ1) is 9.28. The van der Waals surface area contributed by atoms with Gasteiger partial charge in [-0.15, -0.1) is 0 Å². The predicted molar refractivity (Wildman–Crippen MR) is 75.4 cm³/mol. The number of furan rings is 1. The van der Waals surface area contributed by atoms with E-state index in [1.165, 1.54) is 0 Å². The number of hydrogen-bond acceptors (Lipinski definition) is 5. The topological polar surface area (TPSA) is 49.5 Å². The molecular formula is C14H18N2O2S. The van der Waals surface area contributed by atoms with Crippen LogP contribution in [0.1, 0.15) is 42.2 Å². The quantitative estimate of drug-likeness (QED) is 0.933. The highest BCUT2D eigenvalue weighted by Gasteiger charge is 2.24. The number of aryl methyl sites for hydroxylation is 1. The van der Waals surface area contributed by atoms with Crippen LogP contribution in [0.3, 0.4) is 0 Å². The van der Waals surface area contributed by atoms with Crippen LogP contribution in [0.5, 0.6) is 0 Å². The summed E-state index contributed by atoms with van der Waals surface area (Å²) >= 11 is 1.62. The lowest BCUT2D eigenvalue weighted by molar-refractivity contribution is 0.160. The van der Waals surface area contributed by atoms with Gasteiger partial charge in [-0.25, -0.2) is 4.98 Å². The lowest BCUT2D eigenvalue weighted by Gasteiger charge is -2.18. The number of nitrogens with zero attached hydrogens (tertiary/aromatic N) is 2. The van der Waals surface area contributed by atoms with Crippen LogP contribution in [-0.4, -0.2) is 16.6 Å². The fourth-order valence-corrected chi connectivity index (χ4v) is 3.62. The Balaban J connectivity index is 1.83. The van der Waals surface area contributed by atoms with E-state index in [0.717, 1.165) is 53.8 Å². The van der Waals surface area contributed by atoms with Crippen LogP contribution in [0.2, 0.25) is 0 Å². The minimum atomic E-state index is -0.322. The Morgan fingerprint density at radius 3 is 3.16 bits per heavy atom. The van der Waals surface area contributed by atoms with E-state index in [1.807, 2.05) is 12.1 Å². The molecule has 0 saturated heterocycles. The monoisotopic (exact) mass is 278 g/mol.